The van der Waals surface area contributed by atoms with Crippen molar-refractivity contribution in [3.05, 3.63) is 47.1 Å². The highest BCUT2D eigenvalue weighted by Crippen LogP contribution is 2.29. The van der Waals surface area contributed by atoms with E-state index in [2.05, 4.69) is 15.5 Å². The molecule has 0 spiro atoms. The van der Waals surface area contributed by atoms with Crippen LogP contribution in [0.3, 0.4) is 0 Å². The molecule has 9 heteroatoms. The van der Waals surface area contributed by atoms with Gasteiger partial charge in [0, 0.05) is 12.3 Å². The van der Waals surface area contributed by atoms with Crippen LogP contribution in [0.15, 0.2) is 40.9 Å². The minimum atomic E-state index is -0.340. The van der Waals surface area contributed by atoms with Gasteiger partial charge in [0.1, 0.15) is 5.82 Å². The third-order valence-electron chi connectivity index (χ3n) is 4.66. The molecule has 2 aromatic heterocycles. The average molecular weight is 433 g/mol. The number of thiophene rings is 1. The monoisotopic (exact) mass is 432 g/mol. The van der Waals surface area contributed by atoms with E-state index in [4.69, 9.17) is 4.74 Å². The Morgan fingerprint density at radius 3 is 3.03 bits per heavy atom. The van der Waals surface area contributed by atoms with Crippen LogP contribution in [-0.4, -0.2) is 39.1 Å². The quantitative estimate of drug-likeness (QED) is 0.562. The predicted molar refractivity (Wildman–Crippen MR) is 113 cm³/mol. The Morgan fingerprint density at radius 2 is 2.31 bits per heavy atom. The standard InChI is InChI=1S/C20H21FN4O2S2/c1-13-6-7-14(10-16(13)21)22-18(26)12-29-20-24-23-19(17-5-3-9-28-17)25(20)11-15-4-2-8-27-15/h3,5-7,9-10,15H,2,4,8,11-12H2,1H3,(H,22,26). The molecule has 3 heterocycles. The Bertz CT molecular complexity index is 985. The maximum absolute atomic E-state index is 13.7. The summed E-state index contributed by atoms with van der Waals surface area (Å²) in [5, 5.41) is 14.1. The molecule has 29 heavy (non-hydrogen) atoms. The second-order valence-corrected chi connectivity index (χ2v) is 8.72. The molecule has 0 aliphatic carbocycles. The molecule has 1 fully saturated rings. The number of carbonyl (C=O) groups is 1. The fourth-order valence-electron chi connectivity index (χ4n) is 3.14. The van der Waals surface area contributed by atoms with Crippen LogP contribution in [0.25, 0.3) is 10.7 Å². The minimum absolute atomic E-state index is 0.133. The van der Waals surface area contributed by atoms with Crippen LogP contribution >= 0.6 is 23.1 Å². The van der Waals surface area contributed by atoms with Gasteiger partial charge in [-0.3, -0.25) is 9.36 Å². The summed E-state index contributed by atoms with van der Waals surface area (Å²) >= 11 is 2.92. The summed E-state index contributed by atoms with van der Waals surface area (Å²) < 4.78 is 21.5. The summed E-state index contributed by atoms with van der Waals surface area (Å²) in [6, 6.07) is 8.64. The zero-order chi connectivity index (χ0) is 20.2. The Morgan fingerprint density at radius 1 is 1.41 bits per heavy atom. The number of benzene rings is 1. The van der Waals surface area contributed by atoms with Crippen molar-refractivity contribution in [2.24, 2.45) is 0 Å². The highest BCUT2D eigenvalue weighted by molar-refractivity contribution is 7.99. The first-order chi connectivity index (χ1) is 14.1. The number of thioether (sulfide) groups is 1. The zero-order valence-electron chi connectivity index (χ0n) is 15.9. The maximum atomic E-state index is 13.7. The van der Waals surface area contributed by atoms with Crippen molar-refractivity contribution in [3.8, 4) is 10.7 Å². The van der Waals surface area contributed by atoms with E-state index in [-0.39, 0.29) is 23.6 Å². The Kier molecular flexibility index (Phi) is 6.27. The van der Waals surface area contributed by atoms with Crippen LogP contribution in [0.5, 0.6) is 0 Å². The van der Waals surface area contributed by atoms with Gasteiger partial charge < -0.3 is 10.1 Å². The molecule has 0 saturated carbocycles. The van der Waals surface area contributed by atoms with E-state index >= 15 is 0 Å². The fourth-order valence-corrected chi connectivity index (χ4v) is 4.60. The van der Waals surface area contributed by atoms with Crippen LogP contribution in [0.4, 0.5) is 10.1 Å². The fraction of sp³-hybridized carbons (Fsp3) is 0.350. The molecule has 152 valence electrons. The molecule has 4 rings (SSSR count). The summed E-state index contributed by atoms with van der Waals surface area (Å²) in [6.45, 7) is 3.12. The van der Waals surface area contributed by atoms with Crippen LogP contribution in [0.2, 0.25) is 0 Å². The molecule has 1 aliphatic heterocycles. The minimum Gasteiger partial charge on any atom is -0.376 e. The van der Waals surface area contributed by atoms with Crippen molar-refractivity contribution in [3.63, 3.8) is 0 Å². The van der Waals surface area contributed by atoms with Crippen molar-refractivity contribution < 1.29 is 13.9 Å². The first-order valence-electron chi connectivity index (χ1n) is 9.37. The van der Waals surface area contributed by atoms with Crippen molar-refractivity contribution in [1.29, 1.82) is 0 Å². The van der Waals surface area contributed by atoms with Gasteiger partial charge in [-0.15, -0.1) is 21.5 Å². The van der Waals surface area contributed by atoms with Crippen molar-refractivity contribution >= 4 is 34.7 Å². The van der Waals surface area contributed by atoms with Gasteiger partial charge in [0.05, 0.1) is 23.3 Å². The van der Waals surface area contributed by atoms with E-state index < -0.39 is 0 Å². The van der Waals surface area contributed by atoms with Gasteiger partial charge in [0.2, 0.25) is 5.91 Å². The molecular weight excluding hydrogens is 411 g/mol. The van der Waals surface area contributed by atoms with Crippen molar-refractivity contribution in [2.45, 2.75) is 37.6 Å². The molecule has 3 aromatic rings. The molecule has 1 aromatic carbocycles. The Balaban J connectivity index is 1.46. The zero-order valence-corrected chi connectivity index (χ0v) is 17.6. The summed E-state index contributed by atoms with van der Waals surface area (Å²) in [6.07, 6.45) is 2.19. The molecular formula is C20H21FN4O2S2. The van der Waals surface area contributed by atoms with Gasteiger partial charge in [0.25, 0.3) is 0 Å². The first-order valence-corrected chi connectivity index (χ1v) is 11.2. The molecule has 0 bridgehead atoms. The molecule has 1 aliphatic rings. The lowest BCUT2D eigenvalue weighted by Crippen LogP contribution is -2.18. The molecule has 1 saturated heterocycles. The molecule has 6 nitrogen and oxygen atoms in total. The number of aryl methyl sites for hydroxylation is 1. The lowest BCUT2D eigenvalue weighted by atomic mass is 10.2. The number of hydrogen-bond donors (Lipinski definition) is 1. The normalized spacial score (nSPS) is 16.3. The average Bonchev–Trinajstić information content (AvgIpc) is 3.45. The largest absolute Gasteiger partial charge is 0.376 e. The van der Waals surface area contributed by atoms with Gasteiger partial charge in [0.15, 0.2) is 11.0 Å². The molecule has 1 atom stereocenters. The smallest absolute Gasteiger partial charge is 0.234 e. The number of halogens is 1. The number of aromatic nitrogens is 3. The topological polar surface area (TPSA) is 69.0 Å². The summed E-state index contributed by atoms with van der Waals surface area (Å²) in [5.41, 5.74) is 0.986. The number of rotatable bonds is 7. The van der Waals surface area contributed by atoms with Gasteiger partial charge >= 0.3 is 0 Å². The third-order valence-corrected chi connectivity index (χ3v) is 6.49. The van der Waals surface area contributed by atoms with E-state index in [1.165, 1.54) is 17.8 Å². The molecule has 1 N–H and O–H groups in total. The number of hydrogen-bond acceptors (Lipinski definition) is 6. The molecule has 0 radical (unpaired) electrons. The first kappa shape index (κ1) is 20.1. The highest BCUT2D eigenvalue weighted by Gasteiger charge is 2.22. The number of carbonyl (C=O) groups excluding carboxylic acids is 1. The Labute approximate surface area is 176 Å². The van der Waals surface area contributed by atoms with E-state index in [1.807, 2.05) is 22.1 Å². The number of anilines is 1. The van der Waals surface area contributed by atoms with Crippen LogP contribution in [0, 0.1) is 12.7 Å². The van der Waals surface area contributed by atoms with Crippen molar-refractivity contribution in [2.75, 3.05) is 17.7 Å². The Hall–Kier alpha value is -2.23. The second-order valence-electron chi connectivity index (χ2n) is 6.83. The van der Waals surface area contributed by atoms with E-state index in [1.54, 1.807) is 30.4 Å². The maximum Gasteiger partial charge on any atom is 0.234 e. The van der Waals surface area contributed by atoms with Crippen LogP contribution < -0.4 is 5.32 Å². The van der Waals surface area contributed by atoms with E-state index in [9.17, 15) is 9.18 Å². The number of ether oxygens (including phenoxy) is 1. The summed E-state index contributed by atoms with van der Waals surface area (Å²) in [4.78, 5) is 13.4. The lowest BCUT2D eigenvalue weighted by Gasteiger charge is -2.14. The summed E-state index contributed by atoms with van der Waals surface area (Å²) in [5.74, 6) is 0.387. The molecule has 1 amide bonds. The SMILES string of the molecule is Cc1ccc(NC(=O)CSc2nnc(-c3cccs3)n2CC2CCCO2)cc1F. The van der Waals surface area contributed by atoms with Gasteiger partial charge in [-0.05, 0) is 48.9 Å². The number of nitrogens with zero attached hydrogens (tertiary/aromatic N) is 3. The van der Waals surface area contributed by atoms with E-state index in [0.29, 0.717) is 23.0 Å². The van der Waals surface area contributed by atoms with Gasteiger partial charge in [-0.25, -0.2) is 4.39 Å². The molecule has 1 unspecified atom stereocenters. The lowest BCUT2D eigenvalue weighted by molar-refractivity contribution is -0.113. The van der Waals surface area contributed by atoms with Gasteiger partial charge in [-0.2, -0.15) is 0 Å². The third kappa shape index (κ3) is 4.85. The second kappa shape index (κ2) is 9.06. The van der Waals surface area contributed by atoms with Gasteiger partial charge in [-0.1, -0.05) is 23.9 Å². The summed E-state index contributed by atoms with van der Waals surface area (Å²) in [7, 11) is 0. The van der Waals surface area contributed by atoms with Crippen molar-refractivity contribution in [1.82, 2.24) is 14.8 Å². The number of nitrogens with one attached hydrogen (secondary N) is 1. The van der Waals surface area contributed by atoms with Crippen LogP contribution in [-0.2, 0) is 16.1 Å². The number of amides is 1. The van der Waals surface area contributed by atoms with E-state index in [0.717, 1.165) is 30.2 Å². The highest BCUT2D eigenvalue weighted by atomic mass is 32.2. The van der Waals surface area contributed by atoms with Crippen LogP contribution in [0.1, 0.15) is 18.4 Å². The predicted octanol–water partition coefficient (Wildman–Crippen LogP) is 4.36.